The summed E-state index contributed by atoms with van der Waals surface area (Å²) in [7, 11) is 3.51. The summed E-state index contributed by atoms with van der Waals surface area (Å²) in [6.45, 7) is 2.70. The van der Waals surface area contributed by atoms with Gasteiger partial charge < -0.3 is 14.8 Å². The van der Waals surface area contributed by atoms with E-state index in [1.807, 2.05) is 32.2 Å². The molecule has 1 aromatic carbocycles. The van der Waals surface area contributed by atoms with Crippen molar-refractivity contribution in [2.75, 3.05) is 26.1 Å². The SMILES string of the molecule is CNc1nc(C)cc(C[C@@H]2COc3cc(OC)ccc3C2)n1. The third kappa shape index (κ3) is 3.13. The molecule has 22 heavy (non-hydrogen) atoms. The Labute approximate surface area is 130 Å². The second-order valence-corrected chi connectivity index (χ2v) is 5.63. The molecule has 5 heteroatoms. The molecule has 2 aromatic rings. The van der Waals surface area contributed by atoms with E-state index >= 15 is 0 Å². The number of aromatic nitrogens is 2. The summed E-state index contributed by atoms with van der Waals surface area (Å²) in [5.41, 5.74) is 3.27. The van der Waals surface area contributed by atoms with Gasteiger partial charge in [0.25, 0.3) is 0 Å². The number of hydrogen-bond donors (Lipinski definition) is 1. The first-order valence-electron chi connectivity index (χ1n) is 7.50. The lowest BCUT2D eigenvalue weighted by molar-refractivity contribution is 0.219. The van der Waals surface area contributed by atoms with Crippen molar-refractivity contribution in [3.05, 3.63) is 41.2 Å². The fraction of sp³-hybridized carbons (Fsp3) is 0.412. The molecule has 1 aliphatic rings. The summed E-state index contributed by atoms with van der Waals surface area (Å²) in [4.78, 5) is 8.86. The van der Waals surface area contributed by atoms with Crippen LogP contribution in [0, 0.1) is 12.8 Å². The molecule has 2 heterocycles. The molecule has 0 radical (unpaired) electrons. The molecule has 1 atom stereocenters. The van der Waals surface area contributed by atoms with E-state index in [2.05, 4.69) is 21.4 Å². The summed E-state index contributed by atoms with van der Waals surface area (Å²) >= 11 is 0. The number of anilines is 1. The number of fused-ring (bicyclic) bond motifs is 1. The monoisotopic (exact) mass is 299 g/mol. The molecule has 0 fully saturated rings. The van der Waals surface area contributed by atoms with Crippen molar-refractivity contribution in [3.63, 3.8) is 0 Å². The molecule has 0 unspecified atom stereocenters. The molecular formula is C17H21N3O2. The Kier molecular flexibility index (Phi) is 4.13. The Morgan fingerprint density at radius 2 is 2.18 bits per heavy atom. The van der Waals surface area contributed by atoms with E-state index in [-0.39, 0.29) is 0 Å². The van der Waals surface area contributed by atoms with E-state index < -0.39 is 0 Å². The molecular weight excluding hydrogens is 278 g/mol. The van der Waals surface area contributed by atoms with Crippen molar-refractivity contribution >= 4 is 5.95 Å². The highest BCUT2D eigenvalue weighted by atomic mass is 16.5. The Bertz CT molecular complexity index is 673. The summed E-state index contributed by atoms with van der Waals surface area (Å²) in [6.07, 6.45) is 1.89. The molecule has 1 N–H and O–H groups in total. The maximum atomic E-state index is 5.90. The average Bonchev–Trinajstić information content (AvgIpc) is 2.53. The normalized spacial score (nSPS) is 16.6. The van der Waals surface area contributed by atoms with E-state index in [0.717, 1.165) is 35.7 Å². The second kappa shape index (κ2) is 6.22. The highest BCUT2D eigenvalue weighted by Gasteiger charge is 2.21. The van der Waals surface area contributed by atoms with Gasteiger partial charge >= 0.3 is 0 Å². The number of nitrogens with zero attached hydrogens (tertiary/aromatic N) is 2. The minimum Gasteiger partial charge on any atom is -0.497 e. The van der Waals surface area contributed by atoms with Crippen molar-refractivity contribution < 1.29 is 9.47 Å². The highest BCUT2D eigenvalue weighted by molar-refractivity contribution is 5.42. The van der Waals surface area contributed by atoms with Crippen LogP contribution in [0.2, 0.25) is 0 Å². The summed E-state index contributed by atoms with van der Waals surface area (Å²) in [6, 6.07) is 8.08. The van der Waals surface area contributed by atoms with Crippen LogP contribution in [0.5, 0.6) is 11.5 Å². The van der Waals surface area contributed by atoms with Gasteiger partial charge in [0.1, 0.15) is 11.5 Å². The Balaban J connectivity index is 1.74. The summed E-state index contributed by atoms with van der Waals surface area (Å²) < 4.78 is 11.1. The quantitative estimate of drug-likeness (QED) is 0.940. The third-order valence-corrected chi connectivity index (χ3v) is 3.89. The third-order valence-electron chi connectivity index (χ3n) is 3.89. The van der Waals surface area contributed by atoms with Gasteiger partial charge in [-0.1, -0.05) is 6.07 Å². The average molecular weight is 299 g/mol. The predicted octanol–water partition coefficient (Wildman–Crippen LogP) is 2.63. The van der Waals surface area contributed by atoms with E-state index in [9.17, 15) is 0 Å². The van der Waals surface area contributed by atoms with Crippen LogP contribution in [0.1, 0.15) is 17.0 Å². The van der Waals surface area contributed by atoms with Gasteiger partial charge in [0.15, 0.2) is 0 Å². The van der Waals surface area contributed by atoms with Crippen LogP contribution < -0.4 is 14.8 Å². The van der Waals surface area contributed by atoms with E-state index in [4.69, 9.17) is 9.47 Å². The number of aryl methyl sites for hydroxylation is 1. The largest absolute Gasteiger partial charge is 0.497 e. The molecule has 0 bridgehead atoms. The van der Waals surface area contributed by atoms with Crippen molar-refractivity contribution in [2.45, 2.75) is 19.8 Å². The fourth-order valence-corrected chi connectivity index (χ4v) is 2.82. The molecule has 0 aliphatic carbocycles. The number of rotatable bonds is 4. The molecule has 1 aromatic heterocycles. The van der Waals surface area contributed by atoms with Crippen LogP contribution >= 0.6 is 0 Å². The van der Waals surface area contributed by atoms with Gasteiger partial charge in [-0.25, -0.2) is 9.97 Å². The minimum absolute atomic E-state index is 0.430. The molecule has 0 saturated heterocycles. The minimum atomic E-state index is 0.430. The molecule has 0 saturated carbocycles. The first-order valence-corrected chi connectivity index (χ1v) is 7.50. The standard InChI is InChI=1S/C17H21N3O2/c1-11-6-14(20-17(18-2)19-11)8-12-7-13-4-5-15(21-3)9-16(13)22-10-12/h4-6,9,12H,7-8,10H2,1-3H3,(H,18,19,20)/t12-/m1/s1. The Morgan fingerprint density at radius 1 is 1.32 bits per heavy atom. The maximum absolute atomic E-state index is 5.90. The summed E-state index contributed by atoms with van der Waals surface area (Å²) in [5, 5.41) is 3.01. The fourth-order valence-electron chi connectivity index (χ4n) is 2.82. The molecule has 5 nitrogen and oxygen atoms in total. The summed E-state index contributed by atoms with van der Waals surface area (Å²) in [5.74, 6) is 2.88. The number of nitrogens with one attached hydrogen (secondary N) is 1. The molecule has 1 aliphatic heterocycles. The smallest absolute Gasteiger partial charge is 0.222 e. The van der Waals surface area contributed by atoms with Gasteiger partial charge in [-0.2, -0.15) is 0 Å². The van der Waals surface area contributed by atoms with Gasteiger partial charge in [-0.3, -0.25) is 0 Å². The van der Waals surface area contributed by atoms with Crippen molar-refractivity contribution in [1.29, 1.82) is 0 Å². The number of benzene rings is 1. The lowest BCUT2D eigenvalue weighted by Gasteiger charge is -2.25. The van der Waals surface area contributed by atoms with Crippen LogP contribution in [0.15, 0.2) is 24.3 Å². The van der Waals surface area contributed by atoms with Crippen molar-refractivity contribution in [1.82, 2.24) is 9.97 Å². The lowest BCUT2D eigenvalue weighted by Crippen LogP contribution is -2.23. The van der Waals surface area contributed by atoms with Gasteiger partial charge in [-0.05, 0) is 37.5 Å². The molecule has 3 rings (SSSR count). The van der Waals surface area contributed by atoms with Gasteiger partial charge in [0.05, 0.1) is 13.7 Å². The number of hydrogen-bond acceptors (Lipinski definition) is 5. The van der Waals surface area contributed by atoms with Crippen LogP contribution in [-0.4, -0.2) is 30.7 Å². The lowest BCUT2D eigenvalue weighted by atomic mass is 9.92. The number of ether oxygens (including phenoxy) is 2. The second-order valence-electron chi connectivity index (χ2n) is 5.63. The van der Waals surface area contributed by atoms with Gasteiger partial charge in [0, 0.05) is 30.4 Å². The van der Waals surface area contributed by atoms with Crippen molar-refractivity contribution in [3.8, 4) is 11.5 Å². The van der Waals surface area contributed by atoms with Gasteiger partial charge in [0.2, 0.25) is 5.95 Å². The van der Waals surface area contributed by atoms with E-state index in [1.165, 1.54) is 5.56 Å². The molecule has 0 spiro atoms. The first kappa shape index (κ1) is 14.6. The molecule has 0 amide bonds. The van der Waals surface area contributed by atoms with Crippen LogP contribution in [-0.2, 0) is 12.8 Å². The van der Waals surface area contributed by atoms with Crippen LogP contribution in [0.25, 0.3) is 0 Å². The topological polar surface area (TPSA) is 56.3 Å². The zero-order valence-corrected chi connectivity index (χ0v) is 13.2. The Hall–Kier alpha value is -2.30. The highest BCUT2D eigenvalue weighted by Crippen LogP contribution is 2.32. The zero-order chi connectivity index (χ0) is 15.5. The predicted molar refractivity (Wildman–Crippen MR) is 85.7 cm³/mol. The number of methoxy groups -OCH3 is 1. The van der Waals surface area contributed by atoms with Crippen LogP contribution in [0.4, 0.5) is 5.95 Å². The van der Waals surface area contributed by atoms with Crippen LogP contribution in [0.3, 0.4) is 0 Å². The Morgan fingerprint density at radius 3 is 2.95 bits per heavy atom. The first-order chi connectivity index (χ1) is 10.7. The maximum Gasteiger partial charge on any atom is 0.222 e. The van der Waals surface area contributed by atoms with E-state index in [0.29, 0.717) is 18.5 Å². The van der Waals surface area contributed by atoms with Gasteiger partial charge in [-0.15, -0.1) is 0 Å². The van der Waals surface area contributed by atoms with Crippen molar-refractivity contribution in [2.24, 2.45) is 5.92 Å². The molecule has 116 valence electrons. The zero-order valence-electron chi connectivity index (χ0n) is 13.2. The van der Waals surface area contributed by atoms with E-state index in [1.54, 1.807) is 7.11 Å².